The van der Waals surface area contributed by atoms with Gasteiger partial charge in [0.2, 0.25) is 0 Å². The highest BCUT2D eigenvalue weighted by molar-refractivity contribution is 5.35. The molecule has 0 saturated carbocycles. The zero-order valence-electron chi connectivity index (χ0n) is 12.7. The van der Waals surface area contributed by atoms with E-state index in [-0.39, 0.29) is 11.5 Å². The Morgan fingerprint density at radius 1 is 1.21 bits per heavy atom. The summed E-state index contributed by atoms with van der Waals surface area (Å²) < 4.78 is 0. The molecule has 1 aromatic carbocycles. The summed E-state index contributed by atoms with van der Waals surface area (Å²) >= 11 is 0. The second kappa shape index (κ2) is 4.98. The van der Waals surface area contributed by atoms with Gasteiger partial charge < -0.3 is 0 Å². The number of benzene rings is 1. The summed E-state index contributed by atoms with van der Waals surface area (Å²) in [4.78, 5) is 2.44. The van der Waals surface area contributed by atoms with Crippen LogP contribution in [0.5, 0.6) is 0 Å². The normalized spacial score (nSPS) is 24.4. The van der Waals surface area contributed by atoms with Crippen molar-refractivity contribution in [2.75, 3.05) is 13.1 Å². The first-order chi connectivity index (χ1) is 8.82. The lowest BCUT2D eigenvalue weighted by atomic mass is 9.87. The maximum atomic E-state index is 9.45. The van der Waals surface area contributed by atoms with E-state index in [4.69, 9.17) is 0 Å². The molecule has 1 aliphatic rings. The molecule has 2 rings (SSSR count). The number of hydrogen-bond donors (Lipinski definition) is 0. The molecule has 0 amide bonds. The van der Waals surface area contributed by atoms with Crippen LogP contribution < -0.4 is 0 Å². The smallest absolute Gasteiger partial charge is 0.0676 e. The number of nitrogens with zero attached hydrogens (tertiary/aromatic N) is 2. The van der Waals surface area contributed by atoms with E-state index in [0.29, 0.717) is 5.92 Å². The lowest BCUT2D eigenvalue weighted by molar-refractivity contribution is 0.170. The molecule has 0 spiro atoms. The lowest BCUT2D eigenvalue weighted by Crippen LogP contribution is -2.39. The Hall–Kier alpha value is -1.33. The standard InChI is InChI=1S/C17H24N2/c1-12-6-7-15(13(2)8-12)16-11-19(17(3,4)5)10-14(16)9-18/h6-8,14,16H,10-11H2,1-5H3/t14-,16-/m1/s1. The Morgan fingerprint density at radius 2 is 1.89 bits per heavy atom. The van der Waals surface area contributed by atoms with Gasteiger partial charge in [-0.25, -0.2) is 0 Å². The minimum atomic E-state index is 0.112. The molecule has 0 radical (unpaired) electrons. The van der Waals surface area contributed by atoms with Crippen molar-refractivity contribution in [2.45, 2.75) is 46.1 Å². The molecule has 0 aliphatic carbocycles. The van der Waals surface area contributed by atoms with Gasteiger partial charge in [0.05, 0.1) is 12.0 Å². The first-order valence-electron chi connectivity index (χ1n) is 7.04. The zero-order chi connectivity index (χ0) is 14.2. The Morgan fingerprint density at radius 3 is 2.42 bits per heavy atom. The molecule has 0 aromatic heterocycles. The Bertz CT molecular complexity index is 505. The van der Waals surface area contributed by atoms with Crippen LogP contribution in [0.1, 0.15) is 43.4 Å². The average Bonchev–Trinajstić information content (AvgIpc) is 2.72. The first kappa shape index (κ1) is 14.1. The number of nitriles is 1. The third-order valence-electron chi connectivity index (χ3n) is 4.26. The molecule has 19 heavy (non-hydrogen) atoms. The minimum Gasteiger partial charge on any atom is -0.297 e. The monoisotopic (exact) mass is 256 g/mol. The van der Waals surface area contributed by atoms with Crippen LogP contribution in [0.15, 0.2) is 18.2 Å². The molecule has 0 N–H and O–H groups in total. The van der Waals surface area contributed by atoms with Gasteiger partial charge in [-0.1, -0.05) is 23.8 Å². The van der Waals surface area contributed by atoms with Gasteiger partial charge in [-0.05, 0) is 45.7 Å². The number of aryl methyl sites for hydroxylation is 2. The summed E-state index contributed by atoms with van der Waals surface area (Å²) in [7, 11) is 0. The Balaban J connectivity index is 2.31. The molecular weight excluding hydrogens is 232 g/mol. The SMILES string of the molecule is Cc1ccc([C@@H]2CN(C(C)(C)C)C[C@H]2C#N)c(C)c1. The lowest BCUT2D eigenvalue weighted by Gasteiger charge is -2.31. The predicted octanol–water partition coefficient (Wildman–Crippen LogP) is 3.64. The Labute approximate surface area is 117 Å². The summed E-state index contributed by atoms with van der Waals surface area (Å²) in [5, 5.41) is 9.45. The van der Waals surface area contributed by atoms with Gasteiger partial charge in [0, 0.05) is 24.5 Å². The van der Waals surface area contributed by atoms with E-state index in [1.165, 1.54) is 16.7 Å². The summed E-state index contributed by atoms with van der Waals surface area (Å²) in [5.41, 5.74) is 4.10. The maximum absolute atomic E-state index is 9.45. The molecule has 1 saturated heterocycles. The van der Waals surface area contributed by atoms with Crippen LogP contribution in [-0.4, -0.2) is 23.5 Å². The van der Waals surface area contributed by atoms with Crippen LogP contribution in [0, 0.1) is 31.1 Å². The molecule has 2 heteroatoms. The van der Waals surface area contributed by atoms with E-state index in [1.807, 2.05) is 0 Å². The second-order valence-corrected chi connectivity index (χ2v) is 6.78. The summed E-state index contributed by atoms with van der Waals surface area (Å²) in [6.45, 7) is 12.8. The zero-order valence-corrected chi connectivity index (χ0v) is 12.7. The van der Waals surface area contributed by atoms with Crippen LogP contribution in [0.4, 0.5) is 0 Å². The van der Waals surface area contributed by atoms with Crippen molar-refractivity contribution in [3.8, 4) is 6.07 Å². The van der Waals surface area contributed by atoms with Gasteiger partial charge >= 0.3 is 0 Å². The van der Waals surface area contributed by atoms with Crippen molar-refractivity contribution in [1.29, 1.82) is 5.26 Å². The molecule has 1 aromatic rings. The van der Waals surface area contributed by atoms with E-state index in [1.54, 1.807) is 0 Å². The molecule has 102 valence electrons. The molecule has 2 nitrogen and oxygen atoms in total. The van der Waals surface area contributed by atoms with Crippen LogP contribution >= 0.6 is 0 Å². The summed E-state index contributed by atoms with van der Waals surface area (Å²) in [6.07, 6.45) is 0. The van der Waals surface area contributed by atoms with Crippen molar-refractivity contribution in [3.05, 3.63) is 34.9 Å². The minimum absolute atomic E-state index is 0.112. The fourth-order valence-corrected chi connectivity index (χ4v) is 3.04. The van der Waals surface area contributed by atoms with E-state index >= 15 is 0 Å². The number of likely N-dealkylation sites (tertiary alicyclic amines) is 1. The van der Waals surface area contributed by atoms with Gasteiger partial charge in [-0.3, -0.25) is 4.90 Å². The van der Waals surface area contributed by atoms with Gasteiger partial charge in [0.1, 0.15) is 0 Å². The quantitative estimate of drug-likeness (QED) is 0.767. The van der Waals surface area contributed by atoms with E-state index < -0.39 is 0 Å². The fraction of sp³-hybridized carbons (Fsp3) is 0.588. The second-order valence-electron chi connectivity index (χ2n) is 6.78. The Kier molecular flexibility index (Phi) is 3.69. The molecule has 2 atom stereocenters. The third-order valence-corrected chi connectivity index (χ3v) is 4.26. The van der Waals surface area contributed by atoms with Crippen LogP contribution in [-0.2, 0) is 0 Å². The van der Waals surface area contributed by atoms with Crippen molar-refractivity contribution >= 4 is 0 Å². The van der Waals surface area contributed by atoms with E-state index in [2.05, 4.69) is 63.8 Å². The van der Waals surface area contributed by atoms with Crippen molar-refractivity contribution in [1.82, 2.24) is 4.90 Å². The first-order valence-corrected chi connectivity index (χ1v) is 7.04. The number of hydrogen-bond acceptors (Lipinski definition) is 2. The molecule has 1 heterocycles. The average molecular weight is 256 g/mol. The summed E-state index contributed by atoms with van der Waals surface area (Å²) in [6, 6.07) is 9.12. The van der Waals surface area contributed by atoms with Crippen LogP contribution in [0.25, 0.3) is 0 Å². The maximum Gasteiger partial charge on any atom is 0.0676 e. The highest BCUT2D eigenvalue weighted by Gasteiger charge is 2.38. The van der Waals surface area contributed by atoms with Gasteiger partial charge in [0.25, 0.3) is 0 Å². The van der Waals surface area contributed by atoms with Gasteiger partial charge in [-0.15, -0.1) is 0 Å². The van der Waals surface area contributed by atoms with Crippen molar-refractivity contribution in [3.63, 3.8) is 0 Å². The summed E-state index contributed by atoms with van der Waals surface area (Å²) in [5.74, 6) is 0.463. The van der Waals surface area contributed by atoms with E-state index in [0.717, 1.165) is 13.1 Å². The highest BCUT2D eigenvalue weighted by Crippen LogP contribution is 2.37. The predicted molar refractivity (Wildman–Crippen MR) is 79.1 cm³/mol. The molecular formula is C17H24N2. The highest BCUT2D eigenvalue weighted by atomic mass is 15.2. The largest absolute Gasteiger partial charge is 0.297 e. The molecule has 0 unspecified atom stereocenters. The topological polar surface area (TPSA) is 27.0 Å². The van der Waals surface area contributed by atoms with Gasteiger partial charge in [0.15, 0.2) is 0 Å². The molecule has 0 bridgehead atoms. The van der Waals surface area contributed by atoms with E-state index in [9.17, 15) is 5.26 Å². The van der Waals surface area contributed by atoms with Crippen molar-refractivity contribution < 1.29 is 0 Å². The van der Waals surface area contributed by atoms with Crippen LogP contribution in [0.3, 0.4) is 0 Å². The van der Waals surface area contributed by atoms with Crippen molar-refractivity contribution in [2.24, 2.45) is 5.92 Å². The molecule has 1 fully saturated rings. The van der Waals surface area contributed by atoms with Gasteiger partial charge in [-0.2, -0.15) is 5.26 Å². The number of rotatable bonds is 1. The van der Waals surface area contributed by atoms with Crippen LogP contribution in [0.2, 0.25) is 0 Å². The fourth-order valence-electron chi connectivity index (χ4n) is 3.04. The molecule has 1 aliphatic heterocycles. The third kappa shape index (κ3) is 2.82.